The molecule has 7 heteroatoms. The van der Waals surface area contributed by atoms with Gasteiger partial charge in [0.15, 0.2) is 0 Å². The smallest absolute Gasteiger partial charge is 0.251 e. The summed E-state index contributed by atoms with van der Waals surface area (Å²) in [5.74, 6) is 6.22. The standard InChI is InChI=1S/C23H23ClN4O2/c1-28(2)14-19(29)13-27-23(30)16-6-3-15(4-7-16)5-10-20-21-11-18(24)9-8-17(21)12-26-22(20)25/h3-4,6-9,11-12,19,29H,13-14H2,1-2H3,(H2,25,26)(H,27,30). The Bertz CT molecular complexity index is 1110. The number of rotatable bonds is 5. The zero-order valence-electron chi connectivity index (χ0n) is 16.8. The molecule has 6 nitrogen and oxygen atoms in total. The van der Waals surface area contributed by atoms with E-state index in [1.165, 1.54) is 0 Å². The van der Waals surface area contributed by atoms with Crippen molar-refractivity contribution in [3.05, 3.63) is 70.4 Å². The molecule has 0 aliphatic carbocycles. The summed E-state index contributed by atoms with van der Waals surface area (Å²) in [6.45, 7) is 0.667. The molecule has 1 amide bonds. The van der Waals surface area contributed by atoms with Crippen LogP contribution in [0.5, 0.6) is 0 Å². The minimum absolute atomic E-state index is 0.189. The second-order valence-corrected chi connectivity index (χ2v) is 7.64. The lowest BCUT2D eigenvalue weighted by Crippen LogP contribution is -2.37. The highest BCUT2D eigenvalue weighted by Crippen LogP contribution is 2.24. The molecule has 0 aliphatic heterocycles. The number of fused-ring (bicyclic) bond motifs is 1. The van der Waals surface area contributed by atoms with Crippen molar-refractivity contribution >= 4 is 34.1 Å². The topological polar surface area (TPSA) is 91.5 Å². The van der Waals surface area contributed by atoms with E-state index in [0.29, 0.717) is 28.5 Å². The van der Waals surface area contributed by atoms with Gasteiger partial charge in [-0.05, 0) is 50.5 Å². The highest BCUT2D eigenvalue weighted by Gasteiger charge is 2.10. The summed E-state index contributed by atoms with van der Waals surface area (Å²) < 4.78 is 0. The Morgan fingerprint density at radius 3 is 2.67 bits per heavy atom. The molecule has 1 heterocycles. The van der Waals surface area contributed by atoms with Gasteiger partial charge in [0.25, 0.3) is 5.91 Å². The number of pyridine rings is 1. The number of carbonyl (C=O) groups excluding carboxylic acids is 1. The highest BCUT2D eigenvalue weighted by molar-refractivity contribution is 6.31. The molecular weight excluding hydrogens is 400 g/mol. The molecule has 0 saturated carbocycles. The summed E-state index contributed by atoms with van der Waals surface area (Å²) in [6.07, 6.45) is 1.07. The van der Waals surface area contributed by atoms with Crippen molar-refractivity contribution < 1.29 is 9.90 Å². The minimum Gasteiger partial charge on any atom is -0.390 e. The number of aromatic nitrogens is 1. The van der Waals surface area contributed by atoms with Crippen LogP contribution < -0.4 is 11.1 Å². The first-order valence-corrected chi connectivity index (χ1v) is 9.78. The Kier molecular flexibility index (Phi) is 6.91. The van der Waals surface area contributed by atoms with Gasteiger partial charge >= 0.3 is 0 Å². The van der Waals surface area contributed by atoms with Gasteiger partial charge in [0.1, 0.15) is 5.82 Å². The van der Waals surface area contributed by atoms with Crippen LogP contribution in [0, 0.1) is 11.8 Å². The van der Waals surface area contributed by atoms with E-state index >= 15 is 0 Å². The first-order valence-electron chi connectivity index (χ1n) is 9.40. The number of nitrogens with zero attached hydrogens (tertiary/aromatic N) is 2. The number of hydrogen-bond acceptors (Lipinski definition) is 5. The van der Waals surface area contributed by atoms with Crippen molar-refractivity contribution in [1.82, 2.24) is 15.2 Å². The van der Waals surface area contributed by atoms with Crippen molar-refractivity contribution in [3.63, 3.8) is 0 Å². The van der Waals surface area contributed by atoms with Crippen molar-refractivity contribution in [1.29, 1.82) is 0 Å². The predicted octanol–water partition coefficient (Wildman–Crippen LogP) is 2.52. The van der Waals surface area contributed by atoms with Gasteiger partial charge in [-0.2, -0.15) is 0 Å². The minimum atomic E-state index is -0.623. The number of anilines is 1. The summed E-state index contributed by atoms with van der Waals surface area (Å²) in [4.78, 5) is 18.3. The molecular formula is C23H23ClN4O2. The van der Waals surface area contributed by atoms with Crippen LogP contribution in [0.15, 0.2) is 48.7 Å². The molecule has 1 atom stereocenters. The summed E-state index contributed by atoms with van der Waals surface area (Å²) in [6, 6.07) is 12.4. The van der Waals surface area contributed by atoms with Crippen LogP contribution in [0.2, 0.25) is 5.02 Å². The molecule has 0 spiro atoms. The normalized spacial score (nSPS) is 11.8. The van der Waals surface area contributed by atoms with Crippen molar-refractivity contribution in [3.8, 4) is 11.8 Å². The Labute approximate surface area is 180 Å². The molecule has 4 N–H and O–H groups in total. The van der Waals surface area contributed by atoms with E-state index in [4.69, 9.17) is 17.3 Å². The lowest BCUT2D eigenvalue weighted by atomic mass is 10.1. The lowest BCUT2D eigenvalue weighted by molar-refractivity contribution is 0.0892. The van der Waals surface area contributed by atoms with Gasteiger partial charge in [-0.25, -0.2) is 4.98 Å². The molecule has 0 fully saturated rings. The Morgan fingerprint density at radius 1 is 1.23 bits per heavy atom. The number of amides is 1. The van der Waals surface area contributed by atoms with E-state index in [1.807, 2.05) is 31.1 Å². The van der Waals surface area contributed by atoms with E-state index in [2.05, 4.69) is 22.1 Å². The lowest BCUT2D eigenvalue weighted by Gasteiger charge is -2.16. The van der Waals surface area contributed by atoms with Gasteiger partial charge in [0, 0.05) is 46.2 Å². The Hall–Kier alpha value is -3.11. The van der Waals surface area contributed by atoms with Gasteiger partial charge in [0.2, 0.25) is 0 Å². The maximum Gasteiger partial charge on any atom is 0.251 e. The van der Waals surface area contributed by atoms with Crippen LogP contribution >= 0.6 is 11.6 Å². The van der Waals surface area contributed by atoms with Gasteiger partial charge in [-0.15, -0.1) is 0 Å². The van der Waals surface area contributed by atoms with Crippen LogP contribution in [0.25, 0.3) is 10.8 Å². The van der Waals surface area contributed by atoms with Gasteiger partial charge in [0.05, 0.1) is 11.7 Å². The molecule has 1 unspecified atom stereocenters. The molecule has 2 aromatic carbocycles. The largest absolute Gasteiger partial charge is 0.390 e. The van der Waals surface area contributed by atoms with Crippen molar-refractivity contribution in [2.24, 2.45) is 0 Å². The fourth-order valence-corrected chi connectivity index (χ4v) is 3.14. The summed E-state index contributed by atoms with van der Waals surface area (Å²) in [7, 11) is 3.72. The number of aliphatic hydroxyl groups is 1. The number of aliphatic hydroxyl groups excluding tert-OH is 1. The van der Waals surface area contributed by atoms with Gasteiger partial charge < -0.3 is 21.1 Å². The van der Waals surface area contributed by atoms with E-state index in [-0.39, 0.29) is 12.5 Å². The summed E-state index contributed by atoms with van der Waals surface area (Å²) >= 11 is 6.11. The fraction of sp³-hybridized carbons (Fsp3) is 0.217. The molecule has 0 radical (unpaired) electrons. The number of nitrogen functional groups attached to an aromatic ring is 1. The van der Waals surface area contributed by atoms with E-state index in [0.717, 1.165) is 16.3 Å². The molecule has 3 rings (SSSR count). The summed E-state index contributed by atoms with van der Waals surface area (Å²) in [5.41, 5.74) is 7.87. The third-order valence-corrected chi connectivity index (χ3v) is 4.67. The van der Waals surface area contributed by atoms with Gasteiger partial charge in [-0.3, -0.25) is 4.79 Å². The predicted molar refractivity (Wildman–Crippen MR) is 120 cm³/mol. The van der Waals surface area contributed by atoms with Crippen molar-refractivity contribution in [2.75, 3.05) is 32.9 Å². The van der Waals surface area contributed by atoms with E-state index in [1.54, 1.807) is 36.5 Å². The molecule has 0 bridgehead atoms. The fourth-order valence-electron chi connectivity index (χ4n) is 2.97. The van der Waals surface area contributed by atoms with Gasteiger partial charge in [-0.1, -0.05) is 29.5 Å². The van der Waals surface area contributed by atoms with Crippen LogP contribution in [0.3, 0.4) is 0 Å². The summed E-state index contributed by atoms with van der Waals surface area (Å²) in [5, 5.41) is 14.9. The first-order chi connectivity index (χ1) is 14.3. The molecule has 3 aromatic rings. The maximum atomic E-state index is 12.2. The molecule has 0 saturated heterocycles. The zero-order chi connectivity index (χ0) is 21.7. The monoisotopic (exact) mass is 422 g/mol. The molecule has 154 valence electrons. The second kappa shape index (κ2) is 9.59. The number of benzene rings is 2. The van der Waals surface area contributed by atoms with Crippen LogP contribution in [-0.4, -0.2) is 54.2 Å². The van der Waals surface area contributed by atoms with Crippen LogP contribution in [0.1, 0.15) is 21.5 Å². The van der Waals surface area contributed by atoms with Crippen molar-refractivity contribution in [2.45, 2.75) is 6.10 Å². The average Bonchev–Trinajstić information content (AvgIpc) is 2.71. The third-order valence-electron chi connectivity index (χ3n) is 4.44. The number of nitrogens with two attached hydrogens (primary N) is 1. The molecule has 30 heavy (non-hydrogen) atoms. The number of halogens is 1. The molecule has 1 aromatic heterocycles. The zero-order valence-corrected chi connectivity index (χ0v) is 17.6. The Morgan fingerprint density at radius 2 is 1.97 bits per heavy atom. The number of hydrogen-bond donors (Lipinski definition) is 3. The molecule has 0 aliphatic rings. The number of likely N-dealkylation sites (N-methyl/N-ethyl adjacent to an activating group) is 1. The second-order valence-electron chi connectivity index (χ2n) is 7.20. The average molecular weight is 423 g/mol. The van der Waals surface area contributed by atoms with E-state index < -0.39 is 6.10 Å². The quantitative estimate of drug-likeness (QED) is 0.549. The highest BCUT2D eigenvalue weighted by atomic mass is 35.5. The SMILES string of the molecule is CN(C)CC(O)CNC(=O)c1ccc(C#Cc2c(N)ncc3ccc(Cl)cc23)cc1. The number of nitrogens with one attached hydrogen (secondary N) is 1. The van der Waals surface area contributed by atoms with Crippen LogP contribution in [0.4, 0.5) is 5.82 Å². The third kappa shape index (κ3) is 5.49. The number of carbonyl (C=O) groups is 1. The Balaban J connectivity index is 1.74. The first kappa shape index (κ1) is 21.6. The maximum absolute atomic E-state index is 12.2. The van der Waals surface area contributed by atoms with E-state index in [9.17, 15) is 9.90 Å². The van der Waals surface area contributed by atoms with Crippen LogP contribution in [-0.2, 0) is 0 Å².